The topological polar surface area (TPSA) is 26.3 Å². The smallest absolute Gasteiger partial charge is 0.311 e. The minimum Gasteiger partial charge on any atom is -0.423 e. The molecule has 82 valence electrons. The van der Waals surface area contributed by atoms with E-state index in [9.17, 15) is 9.18 Å². The quantitative estimate of drug-likeness (QED) is 0.564. The molecule has 0 N–H and O–H groups in total. The van der Waals surface area contributed by atoms with Crippen molar-refractivity contribution in [2.45, 2.75) is 33.1 Å². The summed E-state index contributed by atoms with van der Waals surface area (Å²) in [5, 5.41) is 0. The van der Waals surface area contributed by atoms with E-state index >= 15 is 0 Å². The molecule has 0 fully saturated rings. The lowest BCUT2D eigenvalue weighted by Gasteiger charge is -2.06. The molecule has 0 unspecified atom stereocenters. The number of hydrogen-bond acceptors (Lipinski definition) is 2. The van der Waals surface area contributed by atoms with Gasteiger partial charge in [-0.15, -0.1) is 0 Å². The maximum atomic E-state index is 13.2. The predicted octanol–water partition coefficient (Wildman–Crippen LogP) is 3.09. The van der Waals surface area contributed by atoms with E-state index in [4.69, 9.17) is 4.74 Å². The molecule has 0 saturated carbocycles. The van der Waals surface area contributed by atoms with Crippen molar-refractivity contribution >= 4 is 5.97 Å². The molecular weight excluding hydrogens is 195 g/mol. The highest BCUT2D eigenvalue weighted by molar-refractivity contribution is 5.72. The van der Waals surface area contributed by atoms with Gasteiger partial charge >= 0.3 is 5.97 Å². The van der Waals surface area contributed by atoms with E-state index in [-0.39, 0.29) is 11.7 Å². The van der Waals surface area contributed by atoms with Gasteiger partial charge in [0.05, 0.1) is 0 Å². The van der Waals surface area contributed by atoms with Crippen molar-refractivity contribution in [3.05, 3.63) is 29.6 Å². The van der Waals surface area contributed by atoms with Gasteiger partial charge < -0.3 is 4.74 Å². The summed E-state index contributed by atoms with van der Waals surface area (Å²) in [5.74, 6) is -0.839. The van der Waals surface area contributed by atoms with Crippen molar-refractivity contribution < 1.29 is 13.9 Å². The van der Waals surface area contributed by atoms with E-state index in [1.807, 2.05) is 13.8 Å². The molecule has 15 heavy (non-hydrogen) atoms. The minimum atomic E-state index is -0.489. The third-order valence-electron chi connectivity index (χ3n) is 2.08. The molecule has 0 heterocycles. The number of aryl methyl sites for hydroxylation is 1. The lowest BCUT2D eigenvalue weighted by atomic mass is 10.1. The zero-order chi connectivity index (χ0) is 11.3. The molecule has 0 saturated heterocycles. The summed E-state index contributed by atoms with van der Waals surface area (Å²) >= 11 is 0. The van der Waals surface area contributed by atoms with Crippen LogP contribution in [0.5, 0.6) is 5.75 Å². The zero-order valence-corrected chi connectivity index (χ0v) is 9.05. The first-order valence-electron chi connectivity index (χ1n) is 5.16. The Balaban J connectivity index is 2.79. The van der Waals surface area contributed by atoms with Crippen LogP contribution in [0.3, 0.4) is 0 Å². The Morgan fingerprint density at radius 2 is 2.13 bits per heavy atom. The molecule has 3 heteroatoms. The molecule has 1 aromatic carbocycles. The highest BCUT2D eigenvalue weighted by Crippen LogP contribution is 2.19. The zero-order valence-electron chi connectivity index (χ0n) is 9.05. The summed E-state index contributed by atoms with van der Waals surface area (Å²) in [6.07, 6.45) is 1.81. The second kappa shape index (κ2) is 5.49. The average molecular weight is 210 g/mol. The van der Waals surface area contributed by atoms with Gasteiger partial charge in [-0.05, 0) is 30.5 Å². The SMILES string of the molecule is CCCC(=O)Oc1cc(CC)ccc1F. The van der Waals surface area contributed by atoms with Gasteiger partial charge in [0.2, 0.25) is 0 Å². The molecule has 2 nitrogen and oxygen atoms in total. The van der Waals surface area contributed by atoms with Gasteiger partial charge in [0.1, 0.15) is 0 Å². The molecule has 0 atom stereocenters. The normalized spacial score (nSPS) is 10.1. The number of carbonyl (C=O) groups excluding carboxylic acids is 1. The number of benzene rings is 1. The van der Waals surface area contributed by atoms with Crippen LogP contribution in [0.25, 0.3) is 0 Å². The van der Waals surface area contributed by atoms with Crippen LogP contribution in [0.15, 0.2) is 18.2 Å². The van der Waals surface area contributed by atoms with E-state index in [0.717, 1.165) is 12.0 Å². The van der Waals surface area contributed by atoms with Crippen LogP contribution in [-0.2, 0) is 11.2 Å². The third kappa shape index (κ3) is 3.35. The van der Waals surface area contributed by atoms with E-state index < -0.39 is 5.82 Å². The van der Waals surface area contributed by atoms with Gasteiger partial charge in [0.15, 0.2) is 11.6 Å². The second-order valence-electron chi connectivity index (χ2n) is 3.34. The number of carbonyl (C=O) groups is 1. The summed E-state index contributed by atoms with van der Waals surface area (Å²) in [6, 6.07) is 4.59. The summed E-state index contributed by atoms with van der Waals surface area (Å²) in [5.41, 5.74) is 0.954. The lowest BCUT2D eigenvalue weighted by molar-refractivity contribution is -0.134. The average Bonchev–Trinajstić information content (AvgIpc) is 2.21. The Labute approximate surface area is 89.1 Å². The number of hydrogen-bond donors (Lipinski definition) is 0. The van der Waals surface area contributed by atoms with Crippen molar-refractivity contribution in [1.82, 2.24) is 0 Å². The highest BCUT2D eigenvalue weighted by atomic mass is 19.1. The van der Waals surface area contributed by atoms with Crippen molar-refractivity contribution in [2.75, 3.05) is 0 Å². The number of halogens is 1. The first-order valence-corrected chi connectivity index (χ1v) is 5.16. The highest BCUT2D eigenvalue weighted by Gasteiger charge is 2.08. The number of esters is 1. The fourth-order valence-electron chi connectivity index (χ4n) is 1.22. The maximum absolute atomic E-state index is 13.2. The Morgan fingerprint density at radius 1 is 1.40 bits per heavy atom. The molecule has 0 aliphatic rings. The summed E-state index contributed by atoms with van der Waals surface area (Å²) in [7, 11) is 0. The molecule has 1 aromatic rings. The standard InChI is InChI=1S/C12H15FO2/c1-3-5-12(14)15-11-8-9(4-2)6-7-10(11)13/h6-8H,3-5H2,1-2H3. The molecule has 0 bridgehead atoms. The first kappa shape index (κ1) is 11.7. The van der Waals surface area contributed by atoms with Gasteiger partial charge in [-0.25, -0.2) is 4.39 Å². The van der Waals surface area contributed by atoms with Crippen LogP contribution in [0, 0.1) is 5.82 Å². The van der Waals surface area contributed by atoms with Gasteiger partial charge in [-0.1, -0.05) is 19.9 Å². The van der Waals surface area contributed by atoms with Crippen molar-refractivity contribution in [2.24, 2.45) is 0 Å². The van der Waals surface area contributed by atoms with Crippen LogP contribution in [-0.4, -0.2) is 5.97 Å². The van der Waals surface area contributed by atoms with E-state index in [1.165, 1.54) is 6.07 Å². The number of ether oxygens (including phenoxy) is 1. The summed E-state index contributed by atoms with van der Waals surface area (Å²) in [4.78, 5) is 11.2. The van der Waals surface area contributed by atoms with Crippen molar-refractivity contribution in [3.8, 4) is 5.75 Å². The van der Waals surface area contributed by atoms with Crippen LogP contribution >= 0.6 is 0 Å². The lowest BCUT2D eigenvalue weighted by Crippen LogP contribution is -2.08. The Kier molecular flexibility index (Phi) is 4.28. The van der Waals surface area contributed by atoms with E-state index in [2.05, 4.69) is 0 Å². The summed E-state index contributed by atoms with van der Waals surface area (Å²) < 4.78 is 18.1. The third-order valence-corrected chi connectivity index (χ3v) is 2.08. The largest absolute Gasteiger partial charge is 0.423 e. The minimum absolute atomic E-state index is 0.0350. The molecule has 0 aliphatic carbocycles. The van der Waals surface area contributed by atoms with Crippen LogP contribution in [0.4, 0.5) is 4.39 Å². The second-order valence-corrected chi connectivity index (χ2v) is 3.34. The molecule has 0 aliphatic heterocycles. The fraction of sp³-hybridized carbons (Fsp3) is 0.417. The monoisotopic (exact) mass is 210 g/mol. The van der Waals surface area contributed by atoms with Crippen molar-refractivity contribution in [3.63, 3.8) is 0 Å². The Hall–Kier alpha value is -1.38. The van der Waals surface area contributed by atoms with Gasteiger partial charge in [-0.3, -0.25) is 4.79 Å². The Morgan fingerprint density at radius 3 is 2.73 bits per heavy atom. The van der Waals surface area contributed by atoms with Crippen LogP contribution in [0.2, 0.25) is 0 Å². The molecular formula is C12H15FO2. The number of rotatable bonds is 4. The first-order chi connectivity index (χ1) is 7.17. The van der Waals surface area contributed by atoms with Gasteiger partial charge in [0.25, 0.3) is 0 Å². The van der Waals surface area contributed by atoms with Crippen molar-refractivity contribution in [1.29, 1.82) is 0 Å². The molecule has 0 amide bonds. The summed E-state index contributed by atoms with van der Waals surface area (Å²) in [6.45, 7) is 3.84. The predicted molar refractivity (Wildman–Crippen MR) is 56.3 cm³/mol. The fourth-order valence-corrected chi connectivity index (χ4v) is 1.22. The molecule has 1 rings (SSSR count). The maximum Gasteiger partial charge on any atom is 0.311 e. The molecule has 0 spiro atoms. The van der Waals surface area contributed by atoms with Crippen LogP contribution in [0.1, 0.15) is 32.3 Å². The van der Waals surface area contributed by atoms with E-state index in [0.29, 0.717) is 12.8 Å². The Bertz CT molecular complexity index is 347. The van der Waals surface area contributed by atoms with Crippen LogP contribution < -0.4 is 4.74 Å². The molecule has 0 aromatic heterocycles. The molecule has 0 radical (unpaired) electrons. The van der Waals surface area contributed by atoms with Gasteiger partial charge in [0, 0.05) is 6.42 Å². The van der Waals surface area contributed by atoms with E-state index in [1.54, 1.807) is 12.1 Å². The van der Waals surface area contributed by atoms with Gasteiger partial charge in [-0.2, -0.15) is 0 Å².